The summed E-state index contributed by atoms with van der Waals surface area (Å²) in [6.07, 6.45) is 3.83. The van der Waals surface area contributed by atoms with Crippen molar-refractivity contribution >= 4 is 5.91 Å². The average Bonchev–Trinajstić information content (AvgIpc) is 2.96. The molecule has 1 atom stereocenters. The fraction of sp³-hybridized carbons (Fsp3) is 0.462. The Morgan fingerprint density at radius 3 is 2.89 bits per heavy atom. The first-order chi connectivity index (χ1) is 9.06. The van der Waals surface area contributed by atoms with Gasteiger partial charge in [-0.3, -0.25) is 9.48 Å². The third-order valence-corrected chi connectivity index (χ3v) is 2.96. The second kappa shape index (κ2) is 5.69. The number of rotatable bonds is 5. The molecule has 0 aliphatic rings. The van der Waals surface area contributed by atoms with Gasteiger partial charge in [0.2, 0.25) is 5.91 Å². The number of aromatic amines is 1. The highest BCUT2D eigenvalue weighted by Crippen LogP contribution is 2.06. The van der Waals surface area contributed by atoms with Gasteiger partial charge < -0.3 is 10.3 Å². The van der Waals surface area contributed by atoms with E-state index in [1.54, 1.807) is 12.4 Å². The number of nitrogens with one attached hydrogen (secondary N) is 2. The molecule has 102 valence electrons. The molecule has 2 N–H and O–H groups in total. The largest absolute Gasteiger partial charge is 0.347 e. The van der Waals surface area contributed by atoms with Crippen molar-refractivity contribution in [1.82, 2.24) is 25.1 Å². The normalized spacial score (nSPS) is 12.4. The zero-order valence-corrected chi connectivity index (χ0v) is 11.5. The zero-order valence-electron chi connectivity index (χ0n) is 11.5. The van der Waals surface area contributed by atoms with Crippen LogP contribution in [0.1, 0.15) is 36.6 Å². The van der Waals surface area contributed by atoms with Crippen LogP contribution in [-0.2, 0) is 11.3 Å². The summed E-state index contributed by atoms with van der Waals surface area (Å²) in [6.45, 7) is 6.43. The van der Waals surface area contributed by atoms with Crippen LogP contribution in [0.15, 0.2) is 18.5 Å². The van der Waals surface area contributed by atoms with Gasteiger partial charge in [-0.05, 0) is 26.8 Å². The number of aryl methyl sites for hydroxylation is 3. The molecule has 2 aromatic rings. The number of carbonyl (C=O) groups is 1. The van der Waals surface area contributed by atoms with Gasteiger partial charge in [0, 0.05) is 31.1 Å². The van der Waals surface area contributed by atoms with E-state index < -0.39 is 0 Å². The Morgan fingerprint density at radius 1 is 1.53 bits per heavy atom. The monoisotopic (exact) mass is 261 g/mol. The number of amides is 1. The fourth-order valence-corrected chi connectivity index (χ4v) is 2.01. The minimum atomic E-state index is -0.108. The second-order valence-corrected chi connectivity index (χ2v) is 4.66. The van der Waals surface area contributed by atoms with Gasteiger partial charge in [-0.2, -0.15) is 5.10 Å². The summed E-state index contributed by atoms with van der Waals surface area (Å²) in [4.78, 5) is 18.9. The molecule has 0 bridgehead atoms. The van der Waals surface area contributed by atoms with E-state index in [0.717, 1.165) is 17.2 Å². The van der Waals surface area contributed by atoms with Gasteiger partial charge in [0.25, 0.3) is 0 Å². The van der Waals surface area contributed by atoms with E-state index in [1.807, 2.05) is 31.5 Å². The molecule has 6 heteroatoms. The molecular formula is C13H19N5O. The van der Waals surface area contributed by atoms with E-state index in [2.05, 4.69) is 20.4 Å². The third kappa shape index (κ3) is 3.43. The predicted molar refractivity (Wildman–Crippen MR) is 71.5 cm³/mol. The molecule has 19 heavy (non-hydrogen) atoms. The lowest BCUT2D eigenvalue weighted by Crippen LogP contribution is -2.28. The number of carbonyl (C=O) groups excluding carboxylic acids is 1. The maximum Gasteiger partial charge on any atom is 0.222 e. The number of hydrogen-bond acceptors (Lipinski definition) is 3. The van der Waals surface area contributed by atoms with E-state index in [-0.39, 0.29) is 11.9 Å². The first-order valence-electron chi connectivity index (χ1n) is 6.36. The molecule has 0 saturated carbocycles. The van der Waals surface area contributed by atoms with Crippen molar-refractivity contribution in [2.24, 2.45) is 0 Å². The van der Waals surface area contributed by atoms with Crippen molar-refractivity contribution < 1.29 is 4.79 Å². The standard InChI is InChI=1S/C13H19N5O/c1-9-8-10(2)18(17-9)7-4-12(19)16-11(3)13-14-5-6-15-13/h5-6,8,11H,4,7H2,1-3H3,(H,14,15)(H,16,19). The number of aromatic nitrogens is 4. The summed E-state index contributed by atoms with van der Waals surface area (Å²) in [5.41, 5.74) is 2.05. The molecule has 0 radical (unpaired) electrons. The molecule has 6 nitrogen and oxygen atoms in total. The SMILES string of the molecule is Cc1cc(C)n(CCC(=O)NC(C)c2ncc[nH]2)n1. The van der Waals surface area contributed by atoms with Gasteiger partial charge in [-0.25, -0.2) is 4.98 Å². The molecule has 0 fully saturated rings. The first kappa shape index (κ1) is 13.3. The lowest BCUT2D eigenvalue weighted by molar-refractivity contribution is -0.122. The Balaban J connectivity index is 1.83. The van der Waals surface area contributed by atoms with Gasteiger partial charge in [0.1, 0.15) is 5.82 Å². The minimum absolute atomic E-state index is 0.00328. The van der Waals surface area contributed by atoms with Crippen molar-refractivity contribution in [2.75, 3.05) is 0 Å². The second-order valence-electron chi connectivity index (χ2n) is 4.66. The van der Waals surface area contributed by atoms with Crippen LogP contribution in [0, 0.1) is 13.8 Å². The highest BCUT2D eigenvalue weighted by Gasteiger charge is 2.11. The Bertz CT molecular complexity index is 543. The van der Waals surface area contributed by atoms with Gasteiger partial charge >= 0.3 is 0 Å². The lowest BCUT2D eigenvalue weighted by atomic mass is 10.3. The zero-order chi connectivity index (χ0) is 13.8. The molecule has 0 aliphatic carbocycles. The van der Waals surface area contributed by atoms with E-state index in [0.29, 0.717) is 13.0 Å². The summed E-state index contributed by atoms with van der Waals surface area (Å²) in [6, 6.07) is 1.89. The number of imidazole rings is 1. The van der Waals surface area contributed by atoms with E-state index in [4.69, 9.17) is 0 Å². The van der Waals surface area contributed by atoms with Crippen LogP contribution in [0.3, 0.4) is 0 Å². The topological polar surface area (TPSA) is 75.6 Å². The van der Waals surface area contributed by atoms with Crippen LogP contribution in [-0.4, -0.2) is 25.7 Å². The quantitative estimate of drug-likeness (QED) is 0.856. The first-order valence-corrected chi connectivity index (χ1v) is 6.36. The van der Waals surface area contributed by atoms with Crippen molar-refractivity contribution in [2.45, 2.75) is 39.8 Å². The molecule has 2 rings (SSSR count). The lowest BCUT2D eigenvalue weighted by Gasteiger charge is -2.11. The summed E-state index contributed by atoms with van der Waals surface area (Å²) < 4.78 is 1.85. The minimum Gasteiger partial charge on any atom is -0.347 e. The Morgan fingerprint density at radius 2 is 2.32 bits per heavy atom. The van der Waals surface area contributed by atoms with Crippen LogP contribution in [0.4, 0.5) is 0 Å². The molecule has 0 aromatic carbocycles. The number of nitrogens with zero attached hydrogens (tertiary/aromatic N) is 3. The van der Waals surface area contributed by atoms with Crippen LogP contribution >= 0.6 is 0 Å². The van der Waals surface area contributed by atoms with Gasteiger partial charge in [0.15, 0.2) is 0 Å². The van der Waals surface area contributed by atoms with Gasteiger partial charge in [0.05, 0.1) is 11.7 Å². The molecule has 2 aromatic heterocycles. The van der Waals surface area contributed by atoms with Gasteiger partial charge in [-0.15, -0.1) is 0 Å². The van der Waals surface area contributed by atoms with Crippen molar-refractivity contribution in [3.63, 3.8) is 0 Å². The number of hydrogen-bond donors (Lipinski definition) is 2. The Kier molecular flexibility index (Phi) is 3.99. The summed E-state index contributed by atoms with van der Waals surface area (Å²) >= 11 is 0. The fourth-order valence-electron chi connectivity index (χ4n) is 2.01. The van der Waals surface area contributed by atoms with Crippen LogP contribution in [0.2, 0.25) is 0 Å². The highest BCUT2D eigenvalue weighted by molar-refractivity contribution is 5.76. The summed E-state index contributed by atoms with van der Waals surface area (Å²) in [7, 11) is 0. The smallest absolute Gasteiger partial charge is 0.222 e. The van der Waals surface area contributed by atoms with E-state index >= 15 is 0 Å². The summed E-state index contributed by atoms with van der Waals surface area (Å²) in [5, 5.41) is 7.23. The Labute approximate surface area is 112 Å². The predicted octanol–water partition coefficient (Wildman–Crippen LogP) is 1.49. The molecule has 2 heterocycles. The number of H-pyrrole nitrogens is 1. The van der Waals surface area contributed by atoms with E-state index in [9.17, 15) is 4.79 Å². The molecule has 0 spiro atoms. The van der Waals surface area contributed by atoms with Crippen molar-refractivity contribution in [1.29, 1.82) is 0 Å². The Hall–Kier alpha value is -2.11. The average molecular weight is 261 g/mol. The van der Waals surface area contributed by atoms with Gasteiger partial charge in [-0.1, -0.05) is 0 Å². The molecule has 1 amide bonds. The van der Waals surface area contributed by atoms with Crippen molar-refractivity contribution in [3.8, 4) is 0 Å². The maximum atomic E-state index is 11.8. The molecular weight excluding hydrogens is 242 g/mol. The molecule has 1 unspecified atom stereocenters. The van der Waals surface area contributed by atoms with Crippen LogP contribution < -0.4 is 5.32 Å². The van der Waals surface area contributed by atoms with E-state index in [1.165, 1.54) is 0 Å². The maximum absolute atomic E-state index is 11.8. The van der Waals surface area contributed by atoms with Crippen molar-refractivity contribution in [3.05, 3.63) is 35.7 Å². The molecule has 0 aliphatic heterocycles. The molecule has 0 saturated heterocycles. The van der Waals surface area contributed by atoms with Crippen LogP contribution in [0.25, 0.3) is 0 Å². The summed E-state index contributed by atoms with van der Waals surface area (Å²) in [5.74, 6) is 0.760. The third-order valence-electron chi connectivity index (χ3n) is 2.96. The highest BCUT2D eigenvalue weighted by atomic mass is 16.1. The van der Waals surface area contributed by atoms with Crippen LogP contribution in [0.5, 0.6) is 0 Å².